The van der Waals surface area contributed by atoms with E-state index in [4.69, 9.17) is 5.84 Å². The molecule has 1 atom stereocenters. The highest BCUT2D eigenvalue weighted by Crippen LogP contribution is 2.38. The number of hydrogen-bond acceptors (Lipinski definition) is 2. The third kappa shape index (κ3) is 5.02. The number of allylic oxidation sites excluding steroid dienone is 4. The molecule has 1 aromatic rings. The zero-order chi connectivity index (χ0) is 20.1. The summed E-state index contributed by atoms with van der Waals surface area (Å²) in [5.41, 5.74) is 18.6. The molecule has 0 spiro atoms. The van der Waals surface area contributed by atoms with Gasteiger partial charge in [0.15, 0.2) is 0 Å². The van der Waals surface area contributed by atoms with Crippen LogP contribution < -0.4 is 16.6 Å². The average Bonchev–Trinajstić information content (AvgIpc) is 3.07. The highest BCUT2D eigenvalue weighted by molar-refractivity contribution is 7.27. The molecule has 3 N–H and O–H groups in total. The Balaban J connectivity index is 2.40. The Morgan fingerprint density at radius 2 is 1.93 bits per heavy atom. The normalized spacial score (nSPS) is 13.4. The lowest BCUT2D eigenvalue weighted by molar-refractivity contribution is 0.785. The zero-order valence-electron chi connectivity index (χ0n) is 17.7. The molecule has 1 aromatic carbocycles. The highest BCUT2D eigenvalue weighted by atomic mass is 31.0. The van der Waals surface area contributed by atoms with Crippen molar-refractivity contribution in [2.45, 2.75) is 73.1 Å². The summed E-state index contributed by atoms with van der Waals surface area (Å²) in [6, 6.07) is 0. The minimum absolute atomic E-state index is 0.878. The molecule has 146 valence electrons. The van der Waals surface area contributed by atoms with Gasteiger partial charge in [-0.25, -0.2) is 0 Å². The van der Waals surface area contributed by atoms with E-state index >= 15 is 0 Å². The molecule has 0 aromatic heterocycles. The van der Waals surface area contributed by atoms with Crippen LogP contribution in [0.15, 0.2) is 35.2 Å². The van der Waals surface area contributed by atoms with Crippen molar-refractivity contribution < 1.29 is 0 Å². The maximum Gasteiger partial charge on any atom is 0.0190 e. The third-order valence-corrected chi connectivity index (χ3v) is 6.59. The Kier molecular flexibility index (Phi) is 7.68. The van der Waals surface area contributed by atoms with Crippen molar-refractivity contribution in [1.82, 2.24) is 5.43 Å². The lowest BCUT2D eigenvalue weighted by Crippen LogP contribution is -2.20. The van der Waals surface area contributed by atoms with Crippen molar-refractivity contribution in [2.75, 3.05) is 0 Å². The number of nitrogens with two attached hydrogens (primary N) is 1. The molecule has 0 radical (unpaired) electrons. The molecule has 0 saturated carbocycles. The van der Waals surface area contributed by atoms with E-state index in [-0.39, 0.29) is 0 Å². The maximum absolute atomic E-state index is 5.41. The molecule has 27 heavy (non-hydrogen) atoms. The first-order valence-electron chi connectivity index (χ1n) is 9.96. The lowest BCUT2D eigenvalue weighted by Gasteiger charge is -2.18. The van der Waals surface area contributed by atoms with Crippen LogP contribution in [-0.4, -0.2) is 0 Å². The van der Waals surface area contributed by atoms with Gasteiger partial charge in [-0.05, 0) is 105 Å². The van der Waals surface area contributed by atoms with Gasteiger partial charge in [0, 0.05) is 11.3 Å². The molecular formula is C24H35N2P. The molecule has 1 aliphatic rings. The highest BCUT2D eigenvalue weighted by Gasteiger charge is 2.24. The van der Waals surface area contributed by atoms with E-state index in [1.165, 1.54) is 49.8 Å². The van der Waals surface area contributed by atoms with Gasteiger partial charge >= 0.3 is 0 Å². The van der Waals surface area contributed by atoms with Gasteiger partial charge in [-0.1, -0.05) is 25.2 Å². The van der Waals surface area contributed by atoms with Crippen LogP contribution in [0.1, 0.15) is 74.3 Å². The molecule has 0 saturated heterocycles. The molecule has 0 fully saturated rings. The molecule has 0 bridgehead atoms. The summed E-state index contributed by atoms with van der Waals surface area (Å²) in [5, 5.41) is 1.38. The molecule has 1 aliphatic carbocycles. The van der Waals surface area contributed by atoms with Crippen molar-refractivity contribution in [3.63, 3.8) is 0 Å². The number of fused-ring (bicyclic) bond motifs is 1. The molecule has 2 nitrogen and oxygen atoms in total. The number of nitrogens with one attached hydrogen (secondary N) is 1. The van der Waals surface area contributed by atoms with Crippen molar-refractivity contribution >= 4 is 20.1 Å². The standard InChI is InChI=1S/C24H35N2P/c1-7-15(2)14-20-11-13-21-19(6)24(27)22(18(5)23(20)21)12-9-16(3)8-10-17(4)26-25/h9,26H,4,7-8,10-13,25,27H2,1-3,5-6H3/b16-9+. The molecule has 3 heteroatoms. The van der Waals surface area contributed by atoms with E-state index in [0.29, 0.717) is 0 Å². The van der Waals surface area contributed by atoms with E-state index in [1.54, 1.807) is 0 Å². The second-order valence-electron chi connectivity index (χ2n) is 7.74. The summed E-state index contributed by atoms with van der Waals surface area (Å²) in [4.78, 5) is 0. The second-order valence-corrected chi connectivity index (χ2v) is 8.31. The van der Waals surface area contributed by atoms with E-state index in [1.807, 2.05) is 0 Å². The Hall–Kier alpha value is -1.59. The molecule has 0 amide bonds. The van der Waals surface area contributed by atoms with Crippen LogP contribution in [0.5, 0.6) is 0 Å². The van der Waals surface area contributed by atoms with Gasteiger partial charge in [0.1, 0.15) is 0 Å². The minimum atomic E-state index is 0.878. The Bertz CT molecular complexity index is 837. The Morgan fingerprint density at radius 1 is 1.22 bits per heavy atom. The van der Waals surface area contributed by atoms with Crippen molar-refractivity contribution in [3.8, 4) is 0 Å². The SMILES string of the molecule is C=C(CC/C(C)=C/Cc1c(C)c2c(c(C)c1P)CCC2=C=C(C)CC)NN. The predicted molar refractivity (Wildman–Crippen MR) is 123 cm³/mol. The van der Waals surface area contributed by atoms with Crippen LogP contribution in [0.2, 0.25) is 0 Å². The van der Waals surface area contributed by atoms with Gasteiger partial charge in [-0.15, -0.1) is 15.0 Å². The van der Waals surface area contributed by atoms with Crippen LogP contribution in [0.4, 0.5) is 0 Å². The summed E-state index contributed by atoms with van der Waals surface area (Å²) in [6.45, 7) is 15.1. The predicted octanol–water partition coefficient (Wildman–Crippen LogP) is 5.33. The van der Waals surface area contributed by atoms with E-state index < -0.39 is 0 Å². The largest absolute Gasteiger partial charge is 0.329 e. The molecular weight excluding hydrogens is 347 g/mol. The summed E-state index contributed by atoms with van der Waals surface area (Å²) < 4.78 is 0. The van der Waals surface area contributed by atoms with E-state index in [9.17, 15) is 0 Å². The van der Waals surface area contributed by atoms with Gasteiger partial charge in [0.2, 0.25) is 0 Å². The van der Waals surface area contributed by atoms with Crippen molar-refractivity contribution in [2.24, 2.45) is 5.84 Å². The summed E-state index contributed by atoms with van der Waals surface area (Å²) >= 11 is 0. The zero-order valence-corrected chi connectivity index (χ0v) is 18.8. The van der Waals surface area contributed by atoms with Crippen LogP contribution in [-0.2, 0) is 12.8 Å². The quantitative estimate of drug-likeness (QED) is 0.220. The van der Waals surface area contributed by atoms with Gasteiger partial charge in [0.25, 0.3) is 0 Å². The van der Waals surface area contributed by atoms with Crippen LogP contribution in [0.25, 0.3) is 5.57 Å². The molecule has 0 aliphatic heterocycles. The monoisotopic (exact) mass is 382 g/mol. The summed E-state index contributed by atoms with van der Waals surface area (Å²) in [7, 11) is 3.00. The van der Waals surface area contributed by atoms with Crippen LogP contribution >= 0.6 is 9.24 Å². The number of hydrogen-bond donors (Lipinski definition) is 2. The van der Waals surface area contributed by atoms with E-state index in [0.717, 1.165) is 44.2 Å². The smallest absolute Gasteiger partial charge is 0.0190 e. The Labute approximate surface area is 167 Å². The summed E-state index contributed by atoms with van der Waals surface area (Å²) in [5.74, 6) is 5.41. The van der Waals surface area contributed by atoms with Gasteiger partial charge < -0.3 is 5.43 Å². The first kappa shape index (κ1) is 21.7. The van der Waals surface area contributed by atoms with Crippen LogP contribution in [0, 0.1) is 13.8 Å². The summed E-state index contributed by atoms with van der Waals surface area (Å²) in [6.07, 6.45) is 8.52. The first-order chi connectivity index (χ1) is 12.8. The first-order valence-corrected chi connectivity index (χ1v) is 10.5. The average molecular weight is 383 g/mol. The fourth-order valence-corrected chi connectivity index (χ4v) is 4.29. The fraction of sp³-hybridized carbons (Fsp3) is 0.458. The van der Waals surface area contributed by atoms with Crippen LogP contribution in [0.3, 0.4) is 0 Å². The molecule has 0 heterocycles. The van der Waals surface area contributed by atoms with Gasteiger partial charge in [0.05, 0.1) is 0 Å². The Morgan fingerprint density at radius 3 is 2.56 bits per heavy atom. The third-order valence-electron chi connectivity index (χ3n) is 5.81. The fourth-order valence-electron chi connectivity index (χ4n) is 3.78. The number of benzene rings is 1. The minimum Gasteiger partial charge on any atom is -0.329 e. The topological polar surface area (TPSA) is 38.0 Å². The second kappa shape index (κ2) is 9.56. The maximum atomic E-state index is 5.41. The van der Waals surface area contributed by atoms with E-state index in [2.05, 4.69) is 67.7 Å². The van der Waals surface area contributed by atoms with Gasteiger partial charge in [-0.2, -0.15) is 0 Å². The number of hydrazine groups is 1. The molecule has 1 unspecified atom stereocenters. The van der Waals surface area contributed by atoms with Crippen molar-refractivity contribution in [3.05, 3.63) is 63.0 Å². The number of rotatable bonds is 7. The van der Waals surface area contributed by atoms with Crippen molar-refractivity contribution in [1.29, 1.82) is 0 Å². The van der Waals surface area contributed by atoms with Gasteiger partial charge in [-0.3, -0.25) is 5.84 Å². The lowest BCUT2D eigenvalue weighted by atomic mass is 9.90. The molecule has 2 rings (SSSR count).